The fourth-order valence-corrected chi connectivity index (χ4v) is 3.36. The highest BCUT2D eigenvalue weighted by atomic mass is 35.5. The van der Waals surface area contributed by atoms with E-state index in [1.807, 2.05) is 13.8 Å². The van der Waals surface area contributed by atoms with Crippen molar-refractivity contribution in [2.75, 3.05) is 33.2 Å². The Hall–Kier alpha value is -1.15. The zero-order valence-corrected chi connectivity index (χ0v) is 15.3. The summed E-state index contributed by atoms with van der Waals surface area (Å²) in [7, 11) is -2.22. The first-order valence-corrected chi connectivity index (χ1v) is 8.75. The van der Waals surface area contributed by atoms with Crippen LogP contribution in [0.5, 0.6) is 0 Å². The van der Waals surface area contributed by atoms with Crippen molar-refractivity contribution in [1.29, 1.82) is 0 Å². The summed E-state index contributed by atoms with van der Waals surface area (Å²) in [4.78, 5) is 12.1. The molecule has 0 radical (unpaired) electrons. The van der Waals surface area contributed by atoms with Crippen LogP contribution in [0.15, 0.2) is 23.1 Å². The minimum absolute atomic E-state index is 0. The van der Waals surface area contributed by atoms with E-state index in [1.54, 1.807) is 18.2 Å². The number of halogens is 1. The molecule has 1 aliphatic heterocycles. The summed E-state index contributed by atoms with van der Waals surface area (Å²) in [5.41, 5.74) is 1.95. The van der Waals surface area contributed by atoms with Gasteiger partial charge in [-0.1, -0.05) is 6.07 Å². The van der Waals surface area contributed by atoms with E-state index >= 15 is 0 Å². The fraction of sp³-hybridized carbons (Fsp3) is 0.533. The lowest BCUT2D eigenvalue weighted by molar-refractivity contribution is -0.121. The number of nitrogens with zero attached hydrogens (tertiary/aromatic N) is 1. The molecule has 130 valence electrons. The molecule has 0 aromatic heterocycles. The zero-order chi connectivity index (χ0) is 16.3. The summed E-state index contributed by atoms with van der Waals surface area (Å²) in [6, 6.07) is 4.99. The van der Waals surface area contributed by atoms with Gasteiger partial charge in [-0.15, -0.1) is 12.4 Å². The van der Waals surface area contributed by atoms with Crippen molar-refractivity contribution in [2.45, 2.75) is 18.7 Å². The van der Waals surface area contributed by atoms with Crippen molar-refractivity contribution < 1.29 is 13.2 Å². The molecule has 0 spiro atoms. The summed E-state index contributed by atoms with van der Waals surface area (Å²) in [6.07, 6.45) is 0. The molecule has 2 N–H and O–H groups in total. The Balaban J connectivity index is 0.00000264. The maximum Gasteiger partial charge on any atom is 0.243 e. The molecular weight excluding hydrogens is 338 g/mol. The number of likely N-dealkylation sites (N-methyl/N-ethyl adjacent to an activating group) is 1. The topological polar surface area (TPSA) is 78.5 Å². The molecule has 0 atom stereocenters. The van der Waals surface area contributed by atoms with Crippen LogP contribution in [0.1, 0.15) is 11.1 Å². The largest absolute Gasteiger partial charge is 0.355 e. The summed E-state index contributed by atoms with van der Waals surface area (Å²) >= 11 is 0. The third-order valence-corrected chi connectivity index (χ3v) is 5.81. The number of benzene rings is 1. The summed E-state index contributed by atoms with van der Waals surface area (Å²) in [5, 5.41) is 5.90. The van der Waals surface area contributed by atoms with E-state index in [0.29, 0.717) is 12.5 Å². The van der Waals surface area contributed by atoms with Crippen LogP contribution < -0.4 is 10.6 Å². The summed E-state index contributed by atoms with van der Waals surface area (Å²) in [6.45, 7) is 6.01. The number of nitrogens with one attached hydrogen (secondary N) is 2. The van der Waals surface area contributed by atoms with Crippen LogP contribution in [0.4, 0.5) is 0 Å². The molecule has 0 unspecified atom stereocenters. The molecule has 23 heavy (non-hydrogen) atoms. The Labute approximate surface area is 144 Å². The van der Waals surface area contributed by atoms with Crippen molar-refractivity contribution >= 4 is 28.3 Å². The average Bonchev–Trinajstić information content (AvgIpc) is 2.39. The third-order valence-electron chi connectivity index (χ3n) is 4.01. The van der Waals surface area contributed by atoms with Gasteiger partial charge in [0.15, 0.2) is 0 Å². The highest BCUT2D eigenvalue weighted by Gasteiger charge is 2.24. The van der Waals surface area contributed by atoms with Crippen molar-refractivity contribution in [3.05, 3.63) is 29.3 Å². The minimum atomic E-state index is -3.64. The molecule has 2 rings (SSSR count). The predicted octanol–water partition coefficient (Wildman–Crippen LogP) is 0.681. The number of amides is 1. The lowest BCUT2D eigenvalue weighted by atomic mass is 10.0. The Morgan fingerprint density at radius 1 is 1.30 bits per heavy atom. The molecule has 1 amide bonds. The van der Waals surface area contributed by atoms with E-state index in [2.05, 4.69) is 10.6 Å². The van der Waals surface area contributed by atoms with Gasteiger partial charge in [0.25, 0.3) is 0 Å². The Bertz CT molecular complexity index is 660. The lowest BCUT2D eigenvalue weighted by Crippen LogP contribution is -2.49. The van der Waals surface area contributed by atoms with Crippen molar-refractivity contribution in [2.24, 2.45) is 5.92 Å². The molecular formula is C15H24ClN3O3S. The molecule has 1 saturated heterocycles. The Morgan fingerprint density at radius 3 is 2.48 bits per heavy atom. The van der Waals surface area contributed by atoms with Crippen LogP contribution in [0.25, 0.3) is 0 Å². The molecule has 1 aromatic carbocycles. The van der Waals surface area contributed by atoms with Gasteiger partial charge >= 0.3 is 0 Å². The van der Waals surface area contributed by atoms with Crippen LogP contribution in [0.3, 0.4) is 0 Å². The number of carbonyl (C=O) groups excluding carboxylic acids is 1. The highest BCUT2D eigenvalue weighted by Crippen LogP contribution is 2.17. The Kier molecular flexibility index (Phi) is 7.01. The van der Waals surface area contributed by atoms with E-state index in [0.717, 1.165) is 28.5 Å². The lowest BCUT2D eigenvalue weighted by Gasteiger charge is -2.27. The molecule has 1 fully saturated rings. The van der Waals surface area contributed by atoms with Crippen LogP contribution in [0.2, 0.25) is 0 Å². The van der Waals surface area contributed by atoms with Crippen molar-refractivity contribution in [3.8, 4) is 0 Å². The monoisotopic (exact) mass is 361 g/mol. The SMILES string of the molecule is Cc1ccc(S(=O)(=O)N(C)CC(=O)NCC2CNC2)cc1C.Cl. The molecule has 0 bridgehead atoms. The molecule has 1 aromatic rings. The highest BCUT2D eigenvalue weighted by molar-refractivity contribution is 7.89. The van der Waals surface area contributed by atoms with Crippen LogP contribution in [0, 0.1) is 19.8 Å². The second-order valence-corrected chi connectivity index (χ2v) is 7.88. The first kappa shape index (κ1) is 19.9. The third kappa shape index (κ3) is 4.91. The smallest absolute Gasteiger partial charge is 0.243 e. The van der Waals surface area contributed by atoms with Crippen LogP contribution >= 0.6 is 12.4 Å². The van der Waals surface area contributed by atoms with Gasteiger partial charge in [0.2, 0.25) is 15.9 Å². The second kappa shape index (κ2) is 8.10. The standard InChI is InChI=1S/C15H23N3O3S.ClH/c1-11-4-5-14(6-12(11)2)22(20,21)18(3)10-15(19)17-9-13-7-16-8-13;/h4-6,13,16H,7-10H2,1-3H3,(H,17,19);1H. The number of hydrogen-bond acceptors (Lipinski definition) is 4. The average molecular weight is 362 g/mol. The van der Waals surface area contributed by atoms with Gasteiger partial charge in [-0.2, -0.15) is 4.31 Å². The van der Waals surface area contributed by atoms with Gasteiger partial charge in [-0.25, -0.2) is 8.42 Å². The van der Waals surface area contributed by atoms with E-state index in [4.69, 9.17) is 0 Å². The van der Waals surface area contributed by atoms with E-state index in [1.165, 1.54) is 7.05 Å². The first-order chi connectivity index (χ1) is 10.3. The van der Waals surface area contributed by atoms with Gasteiger partial charge in [-0.3, -0.25) is 4.79 Å². The van der Waals surface area contributed by atoms with Crippen molar-refractivity contribution in [1.82, 2.24) is 14.9 Å². The minimum Gasteiger partial charge on any atom is -0.355 e. The molecule has 1 heterocycles. The summed E-state index contributed by atoms with van der Waals surface area (Å²) in [5.74, 6) is 0.174. The summed E-state index contributed by atoms with van der Waals surface area (Å²) < 4.78 is 26.0. The van der Waals surface area contributed by atoms with E-state index < -0.39 is 10.0 Å². The van der Waals surface area contributed by atoms with Gasteiger partial charge in [-0.05, 0) is 37.1 Å². The van der Waals surface area contributed by atoms with E-state index in [-0.39, 0.29) is 29.8 Å². The van der Waals surface area contributed by atoms with Crippen LogP contribution in [-0.4, -0.2) is 51.9 Å². The predicted molar refractivity (Wildman–Crippen MR) is 92.3 cm³/mol. The van der Waals surface area contributed by atoms with Gasteiger partial charge in [0.05, 0.1) is 11.4 Å². The van der Waals surface area contributed by atoms with Crippen molar-refractivity contribution in [3.63, 3.8) is 0 Å². The van der Waals surface area contributed by atoms with Gasteiger partial charge in [0, 0.05) is 32.6 Å². The molecule has 1 aliphatic rings. The molecule has 0 aliphatic carbocycles. The Morgan fingerprint density at radius 2 is 1.96 bits per heavy atom. The maximum atomic E-state index is 12.5. The van der Waals surface area contributed by atoms with Crippen LogP contribution in [-0.2, 0) is 14.8 Å². The number of sulfonamides is 1. The molecule has 0 saturated carbocycles. The molecule has 6 nitrogen and oxygen atoms in total. The zero-order valence-electron chi connectivity index (χ0n) is 13.6. The molecule has 8 heteroatoms. The fourth-order valence-electron chi connectivity index (χ4n) is 2.15. The van der Waals surface area contributed by atoms with Gasteiger partial charge in [0.1, 0.15) is 0 Å². The first-order valence-electron chi connectivity index (χ1n) is 7.31. The number of aryl methyl sites for hydroxylation is 2. The second-order valence-electron chi connectivity index (χ2n) is 5.84. The number of carbonyl (C=O) groups is 1. The normalized spacial score (nSPS) is 15.0. The van der Waals surface area contributed by atoms with Gasteiger partial charge < -0.3 is 10.6 Å². The number of rotatable bonds is 6. The quantitative estimate of drug-likeness (QED) is 0.781. The maximum absolute atomic E-state index is 12.5. The van der Waals surface area contributed by atoms with E-state index in [9.17, 15) is 13.2 Å². The number of hydrogen-bond donors (Lipinski definition) is 2.